The second-order valence-corrected chi connectivity index (χ2v) is 5.37. The van der Waals surface area contributed by atoms with E-state index in [4.69, 9.17) is 10.5 Å². The zero-order valence-corrected chi connectivity index (χ0v) is 10.7. The summed E-state index contributed by atoms with van der Waals surface area (Å²) in [6.45, 7) is 6.62. The van der Waals surface area contributed by atoms with Crippen molar-refractivity contribution in [3.63, 3.8) is 0 Å². The monoisotopic (exact) mass is 246 g/mol. The first-order valence-electron chi connectivity index (χ1n) is 6.18. The molecule has 3 N–H and O–H groups in total. The molecule has 18 heavy (non-hydrogen) atoms. The highest BCUT2D eigenvalue weighted by Crippen LogP contribution is 2.24. The molecule has 0 atom stereocenters. The number of aromatic nitrogens is 2. The molecule has 5 heteroatoms. The number of morpholine rings is 1. The van der Waals surface area contributed by atoms with E-state index in [2.05, 4.69) is 28.7 Å². The summed E-state index contributed by atoms with van der Waals surface area (Å²) in [6, 6.07) is 5.73. The Morgan fingerprint density at radius 3 is 3.06 bits per heavy atom. The van der Waals surface area contributed by atoms with Gasteiger partial charge in [0.2, 0.25) is 5.95 Å². The highest BCUT2D eigenvalue weighted by Gasteiger charge is 2.28. The number of aromatic amines is 1. The average Bonchev–Trinajstić information content (AvgIpc) is 2.70. The molecule has 1 fully saturated rings. The number of benzene rings is 1. The SMILES string of the molecule is CC1(C)CN(c2nc3ccc(N)cc3[nH]2)CCO1. The summed E-state index contributed by atoms with van der Waals surface area (Å²) in [4.78, 5) is 10.1. The normalized spacial score (nSPS) is 19.3. The molecule has 1 saturated heterocycles. The number of imidazole rings is 1. The molecular formula is C13H18N4O. The summed E-state index contributed by atoms with van der Waals surface area (Å²) in [7, 11) is 0. The molecule has 1 aromatic heterocycles. The number of anilines is 2. The lowest BCUT2D eigenvalue weighted by atomic mass is 10.1. The zero-order chi connectivity index (χ0) is 12.8. The molecule has 1 aliphatic heterocycles. The van der Waals surface area contributed by atoms with Crippen molar-refractivity contribution in [2.45, 2.75) is 19.4 Å². The predicted octanol–water partition coefficient (Wildman–Crippen LogP) is 1.76. The highest BCUT2D eigenvalue weighted by molar-refractivity contribution is 5.80. The van der Waals surface area contributed by atoms with Crippen LogP contribution in [-0.2, 0) is 4.74 Å². The highest BCUT2D eigenvalue weighted by atomic mass is 16.5. The van der Waals surface area contributed by atoms with Gasteiger partial charge in [-0.1, -0.05) is 0 Å². The summed E-state index contributed by atoms with van der Waals surface area (Å²) in [5.74, 6) is 0.895. The zero-order valence-electron chi connectivity index (χ0n) is 10.7. The van der Waals surface area contributed by atoms with Crippen LogP contribution in [-0.4, -0.2) is 35.3 Å². The molecule has 0 unspecified atom stereocenters. The van der Waals surface area contributed by atoms with E-state index in [1.165, 1.54) is 0 Å². The Labute approximate surface area is 106 Å². The van der Waals surface area contributed by atoms with Gasteiger partial charge in [0.15, 0.2) is 0 Å². The summed E-state index contributed by atoms with van der Waals surface area (Å²) in [5, 5.41) is 0. The number of rotatable bonds is 1. The predicted molar refractivity (Wildman–Crippen MR) is 72.8 cm³/mol. The van der Waals surface area contributed by atoms with Gasteiger partial charge in [-0.25, -0.2) is 4.98 Å². The molecule has 0 aliphatic carbocycles. The van der Waals surface area contributed by atoms with Crippen LogP contribution in [0.3, 0.4) is 0 Å². The van der Waals surface area contributed by atoms with Crippen LogP contribution < -0.4 is 10.6 Å². The summed E-state index contributed by atoms with van der Waals surface area (Å²) < 4.78 is 5.71. The fourth-order valence-electron chi connectivity index (χ4n) is 2.36. The molecule has 5 nitrogen and oxygen atoms in total. The van der Waals surface area contributed by atoms with Gasteiger partial charge in [0, 0.05) is 18.8 Å². The Balaban J connectivity index is 1.94. The van der Waals surface area contributed by atoms with Crippen molar-refractivity contribution in [3.8, 4) is 0 Å². The lowest BCUT2D eigenvalue weighted by Crippen LogP contribution is -2.48. The first-order chi connectivity index (χ1) is 8.53. The number of nitrogen functional groups attached to an aromatic ring is 1. The standard InChI is InChI=1S/C13H18N4O/c1-13(2)8-17(5-6-18-13)12-15-10-4-3-9(14)7-11(10)16-12/h3-4,7H,5-6,8,14H2,1-2H3,(H,15,16). The minimum atomic E-state index is -0.129. The smallest absolute Gasteiger partial charge is 0.204 e. The van der Waals surface area contributed by atoms with Gasteiger partial charge >= 0.3 is 0 Å². The van der Waals surface area contributed by atoms with Crippen molar-refractivity contribution in [2.24, 2.45) is 0 Å². The van der Waals surface area contributed by atoms with Gasteiger partial charge in [0.1, 0.15) is 0 Å². The van der Waals surface area contributed by atoms with Crippen LogP contribution in [0.25, 0.3) is 11.0 Å². The minimum absolute atomic E-state index is 0.129. The van der Waals surface area contributed by atoms with Gasteiger partial charge in [0.05, 0.1) is 23.2 Å². The van der Waals surface area contributed by atoms with E-state index in [0.717, 1.165) is 42.4 Å². The van der Waals surface area contributed by atoms with E-state index >= 15 is 0 Å². The van der Waals surface area contributed by atoms with E-state index in [9.17, 15) is 0 Å². The van der Waals surface area contributed by atoms with Gasteiger partial charge in [-0.15, -0.1) is 0 Å². The second-order valence-electron chi connectivity index (χ2n) is 5.37. The molecule has 0 saturated carbocycles. The third kappa shape index (κ3) is 2.01. The van der Waals surface area contributed by atoms with E-state index in [-0.39, 0.29) is 5.60 Å². The molecule has 1 aromatic carbocycles. The number of hydrogen-bond donors (Lipinski definition) is 2. The Morgan fingerprint density at radius 1 is 1.44 bits per heavy atom. The Bertz CT molecular complexity index is 575. The van der Waals surface area contributed by atoms with Crippen molar-refractivity contribution in [2.75, 3.05) is 30.3 Å². The molecule has 0 bridgehead atoms. The number of ether oxygens (including phenoxy) is 1. The quantitative estimate of drug-likeness (QED) is 0.752. The average molecular weight is 246 g/mol. The van der Waals surface area contributed by atoms with Crippen LogP contribution in [0.2, 0.25) is 0 Å². The maximum Gasteiger partial charge on any atom is 0.204 e. The molecule has 0 amide bonds. The van der Waals surface area contributed by atoms with Gasteiger partial charge in [-0.3, -0.25) is 0 Å². The maximum absolute atomic E-state index is 5.77. The van der Waals surface area contributed by atoms with Crippen molar-refractivity contribution >= 4 is 22.7 Å². The van der Waals surface area contributed by atoms with Crippen LogP contribution in [0.1, 0.15) is 13.8 Å². The molecule has 96 valence electrons. The third-order valence-electron chi connectivity index (χ3n) is 3.22. The lowest BCUT2D eigenvalue weighted by Gasteiger charge is -2.37. The van der Waals surface area contributed by atoms with E-state index in [1.807, 2.05) is 18.2 Å². The van der Waals surface area contributed by atoms with Crippen molar-refractivity contribution in [3.05, 3.63) is 18.2 Å². The van der Waals surface area contributed by atoms with Crippen LogP contribution in [0, 0.1) is 0 Å². The van der Waals surface area contributed by atoms with Crippen molar-refractivity contribution in [1.82, 2.24) is 9.97 Å². The van der Waals surface area contributed by atoms with Crippen LogP contribution in [0.15, 0.2) is 18.2 Å². The van der Waals surface area contributed by atoms with Crippen LogP contribution in [0.5, 0.6) is 0 Å². The minimum Gasteiger partial charge on any atom is -0.399 e. The Kier molecular flexibility index (Phi) is 2.45. The topological polar surface area (TPSA) is 67.2 Å². The number of nitrogens with two attached hydrogens (primary N) is 1. The number of fused-ring (bicyclic) bond motifs is 1. The van der Waals surface area contributed by atoms with Gasteiger partial charge in [-0.05, 0) is 32.0 Å². The summed E-state index contributed by atoms with van der Waals surface area (Å²) in [6.07, 6.45) is 0. The Morgan fingerprint density at radius 2 is 2.28 bits per heavy atom. The second kappa shape index (κ2) is 3.88. The number of H-pyrrole nitrogens is 1. The Hall–Kier alpha value is -1.75. The third-order valence-corrected chi connectivity index (χ3v) is 3.22. The molecule has 2 aromatic rings. The fraction of sp³-hybridized carbons (Fsp3) is 0.462. The van der Waals surface area contributed by atoms with E-state index in [0.29, 0.717) is 0 Å². The fourth-order valence-corrected chi connectivity index (χ4v) is 2.36. The first-order valence-corrected chi connectivity index (χ1v) is 6.18. The van der Waals surface area contributed by atoms with Gasteiger partial charge < -0.3 is 20.4 Å². The molecule has 2 heterocycles. The maximum atomic E-state index is 5.77. The van der Waals surface area contributed by atoms with Crippen molar-refractivity contribution in [1.29, 1.82) is 0 Å². The van der Waals surface area contributed by atoms with E-state index in [1.54, 1.807) is 0 Å². The van der Waals surface area contributed by atoms with Crippen LogP contribution >= 0.6 is 0 Å². The summed E-state index contributed by atoms with van der Waals surface area (Å²) >= 11 is 0. The van der Waals surface area contributed by atoms with Gasteiger partial charge in [-0.2, -0.15) is 0 Å². The van der Waals surface area contributed by atoms with E-state index < -0.39 is 0 Å². The molecule has 0 radical (unpaired) electrons. The van der Waals surface area contributed by atoms with Crippen LogP contribution in [0.4, 0.5) is 11.6 Å². The molecule has 0 spiro atoms. The molecule has 1 aliphatic rings. The van der Waals surface area contributed by atoms with Gasteiger partial charge in [0.25, 0.3) is 0 Å². The van der Waals surface area contributed by atoms with Crippen molar-refractivity contribution < 1.29 is 4.74 Å². The summed E-state index contributed by atoms with van der Waals surface area (Å²) in [5.41, 5.74) is 8.32. The largest absolute Gasteiger partial charge is 0.399 e. The first kappa shape index (κ1) is 11.3. The molecule has 3 rings (SSSR count). The lowest BCUT2D eigenvalue weighted by molar-refractivity contribution is -0.0280. The number of hydrogen-bond acceptors (Lipinski definition) is 4. The molecular weight excluding hydrogens is 228 g/mol. The number of nitrogens with one attached hydrogen (secondary N) is 1. The number of nitrogens with zero attached hydrogens (tertiary/aromatic N) is 2.